The number of nitrogens with one attached hydrogen (secondary N) is 2. The first-order valence-electron chi connectivity index (χ1n) is 4.37. The van der Waals surface area contributed by atoms with Crippen LogP contribution in [0.2, 0.25) is 0 Å². The van der Waals surface area contributed by atoms with Gasteiger partial charge in [-0.2, -0.15) is 5.10 Å². The number of aryl methyl sites for hydroxylation is 1. The van der Waals surface area contributed by atoms with Gasteiger partial charge in [0.2, 0.25) is 5.91 Å². The lowest BCUT2D eigenvalue weighted by molar-refractivity contribution is -0.121. The van der Waals surface area contributed by atoms with Crippen LogP contribution in [0.5, 0.6) is 0 Å². The summed E-state index contributed by atoms with van der Waals surface area (Å²) in [7, 11) is 3.69. The average Bonchev–Trinajstić information content (AvgIpc) is 2.47. The van der Waals surface area contributed by atoms with Gasteiger partial charge in [-0.15, -0.1) is 0 Å². The standard InChI is InChI=1S/C8H15N5O/c1-6-10-7(12-11-6)4-9-8(14)5-13(2)3/h4-5H2,1-3H3,(H,9,14)(H,10,11,12). The molecule has 0 saturated carbocycles. The van der Waals surface area contributed by atoms with Crippen molar-refractivity contribution >= 4 is 5.91 Å². The van der Waals surface area contributed by atoms with Crippen molar-refractivity contribution in [2.24, 2.45) is 0 Å². The molecule has 0 aliphatic heterocycles. The zero-order valence-corrected chi connectivity index (χ0v) is 8.66. The Morgan fingerprint density at radius 1 is 1.57 bits per heavy atom. The van der Waals surface area contributed by atoms with Crippen molar-refractivity contribution in [2.75, 3.05) is 20.6 Å². The lowest BCUT2D eigenvalue weighted by Crippen LogP contribution is -2.33. The molecule has 2 N–H and O–H groups in total. The number of carbonyl (C=O) groups is 1. The predicted molar refractivity (Wildman–Crippen MR) is 51.5 cm³/mol. The second-order valence-electron chi connectivity index (χ2n) is 3.35. The Morgan fingerprint density at radius 3 is 2.79 bits per heavy atom. The summed E-state index contributed by atoms with van der Waals surface area (Å²) in [6.07, 6.45) is 0. The van der Waals surface area contributed by atoms with Crippen LogP contribution in [0.1, 0.15) is 11.6 Å². The van der Waals surface area contributed by atoms with Crippen LogP contribution in [0, 0.1) is 6.92 Å². The molecule has 6 heteroatoms. The van der Waals surface area contributed by atoms with Crippen LogP contribution in [0.25, 0.3) is 0 Å². The summed E-state index contributed by atoms with van der Waals surface area (Å²) in [5.74, 6) is 1.33. The van der Waals surface area contributed by atoms with E-state index in [1.165, 1.54) is 0 Å². The molecule has 0 spiro atoms. The highest BCUT2D eigenvalue weighted by Gasteiger charge is 2.04. The molecule has 1 aromatic rings. The fourth-order valence-corrected chi connectivity index (χ4v) is 0.989. The van der Waals surface area contributed by atoms with Gasteiger partial charge in [0.05, 0.1) is 13.1 Å². The van der Waals surface area contributed by atoms with Gasteiger partial charge in [-0.05, 0) is 21.0 Å². The van der Waals surface area contributed by atoms with Gasteiger partial charge >= 0.3 is 0 Å². The molecule has 14 heavy (non-hydrogen) atoms. The van der Waals surface area contributed by atoms with E-state index in [9.17, 15) is 4.79 Å². The Kier molecular flexibility index (Phi) is 3.58. The third-order valence-electron chi connectivity index (χ3n) is 1.55. The third kappa shape index (κ3) is 3.53. The van der Waals surface area contributed by atoms with Crippen molar-refractivity contribution < 1.29 is 4.79 Å². The molecule has 78 valence electrons. The van der Waals surface area contributed by atoms with Crippen molar-refractivity contribution in [3.05, 3.63) is 11.6 Å². The summed E-state index contributed by atoms with van der Waals surface area (Å²) >= 11 is 0. The number of likely N-dealkylation sites (N-methyl/N-ethyl adjacent to an activating group) is 1. The van der Waals surface area contributed by atoms with Gasteiger partial charge in [-0.25, -0.2) is 4.98 Å². The first kappa shape index (κ1) is 10.6. The van der Waals surface area contributed by atoms with E-state index in [1.54, 1.807) is 4.90 Å². The van der Waals surface area contributed by atoms with Gasteiger partial charge in [-0.1, -0.05) is 0 Å². The number of hydrogen-bond acceptors (Lipinski definition) is 4. The van der Waals surface area contributed by atoms with Crippen molar-refractivity contribution in [1.82, 2.24) is 25.4 Å². The van der Waals surface area contributed by atoms with Gasteiger partial charge < -0.3 is 10.2 Å². The summed E-state index contributed by atoms with van der Waals surface area (Å²) in [6, 6.07) is 0. The number of carbonyl (C=O) groups excluding carboxylic acids is 1. The molecule has 0 atom stereocenters. The van der Waals surface area contributed by atoms with E-state index in [-0.39, 0.29) is 5.91 Å². The van der Waals surface area contributed by atoms with Gasteiger partial charge in [0, 0.05) is 0 Å². The molecule has 1 heterocycles. The number of amides is 1. The molecule has 0 radical (unpaired) electrons. The number of nitrogens with zero attached hydrogens (tertiary/aromatic N) is 3. The number of rotatable bonds is 4. The van der Waals surface area contributed by atoms with Crippen molar-refractivity contribution in [3.8, 4) is 0 Å². The minimum absolute atomic E-state index is 0.0301. The molecule has 1 amide bonds. The Balaban J connectivity index is 2.30. The van der Waals surface area contributed by atoms with Crippen molar-refractivity contribution in [3.63, 3.8) is 0 Å². The molecule has 1 rings (SSSR count). The van der Waals surface area contributed by atoms with E-state index in [2.05, 4.69) is 20.5 Å². The largest absolute Gasteiger partial charge is 0.348 e. The van der Waals surface area contributed by atoms with Gasteiger partial charge in [0.25, 0.3) is 0 Å². The van der Waals surface area contributed by atoms with Crippen molar-refractivity contribution in [1.29, 1.82) is 0 Å². The monoisotopic (exact) mass is 197 g/mol. The van der Waals surface area contributed by atoms with Crippen LogP contribution < -0.4 is 5.32 Å². The Labute approximate surface area is 82.7 Å². The Morgan fingerprint density at radius 2 is 2.29 bits per heavy atom. The third-order valence-corrected chi connectivity index (χ3v) is 1.55. The van der Waals surface area contributed by atoms with Crippen LogP contribution >= 0.6 is 0 Å². The zero-order valence-electron chi connectivity index (χ0n) is 8.66. The maximum absolute atomic E-state index is 11.2. The highest BCUT2D eigenvalue weighted by Crippen LogP contribution is 1.89. The highest BCUT2D eigenvalue weighted by atomic mass is 16.2. The summed E-state index contributed by atoms with van der Waals surface area (Å²) < 4.78 is 0. The molecule has 0 aliphatic rings. The quantitative estimate of drug-likeness (QED) is 0.668. The second kappa shape index (κ2) is 4.71. The zero-order chi connectivity index (χ0) is 10.6. The minimum atomic E-state index is -0.0301. The Bertz CT molecular complexity index is 306. The van der Waals surface area contributed by atoms with Crippen LogP contribution in [0.15, 0.2) is 0 Å². The van der Waals surface area contributed by atoms with Crippen molar-refractivity contribution in [2.45, 2.75) is 13.5 Å². The molecule has 0 saturated heterocycles. The van der Waals surface area contributed by atoms with Gasteiger partial charge in [-0.3, -0.25) is 9.89 Å². The van der Waals surface area contributed by atoms with Crippen LogP contribution in [0.3, 0.4) is 0 Å². The summed E-state index contributed by atoms with van der Waals surface area (Å²) in [5, 5.41) is 9.33. The lowest BCUT2D eigenvalue weighted by Gasteiger charge is -2.08. The first-order chi connectivity index (χ1) is 6.58. The molecule has 6 nitrogen and oxygen atoms in total. The SMILES string of the molecule is Cc1nc(CNC(=O)CN(C)C)n[nH]1. The molecule has 0 aromatic carbocycles. The van der Waals surface area contributed by atoms with Gasteiger partial charge in [0.15, 0.2) is 5.82 Å². The molecule has 1 aromatic heterocycles. The van der Waals surface area contributed by atoms with E-state index in [1.807, 2.05) is 21.0 Å². The summed E-state index contributed by atoms with van der Waals surface area (Å²) in [5.41, 5.74) is 0. The maximum Gasteiger partial charge on any atom is 0.234 e. The number of aromatic amines is 1. The van der Waals surface area contributed by atoms with Gasteiger partial charge in [0.1, 0.15) is 5.82 Å². The molecule has 0 fully saturated rings. The minimum Gasteiger partial charge on any atom is -0.348 e. The molecule has 0 bridgehead atoms. The second-order valence-corrected chi connectivity index (χ2v) is 3.35. The molecule has 0 aliphatic carbocycles. The summed E-state index contributed by atoms with van der Waals surface area (Å²) in [4.78, 5) is 17.1. The lowest BCUT2D eigenvalue weighted by atomic mass is 10.5. The van der Waals surface area contributed by atoms with E-state index in [0.717, 1.165) is 5.82 Å². The van der Waals surface area contributed by atoms with Crippen LogP contribution in [-0.2, 0) is 11.3 Å². The number of hydrogen-bond donors (Lipinski definition) is 2. The highest BCUT2D eigenvalue weighted by molar-refractivity contribution is 5.77. The molecular weight excluding hydrogens is 182 g/mol. The van der Waals surface area contributed by atoms with Crippen LogP contribution in [-0.4, -0.2) is 46.6 Å². The Hall–Kier alpha value is -1.43. The van der Waals surface area contributed by atoms with E-state index in [4.69, 9.17) is 0 Å². The summed E-state index contributed by atoms with van der Waals surface area (Å²) in [6.45, 7) is 2.57. The smallest absolute Gasteiger partial charge is 0.234 e. The predicted octanol–water partition coefficient (Wildman–Crippen LogP) is -0.709. The normalized spacial score (nSPS) is 10.6. The number of H-pyrrole nitrogens is 1. The van der Waals surface area contributed by atoms with Crippen LogP contribution in [0.4, 0.5) is 0 Å². The van der Waals surface area contributed by atoms with E-state index in [0.29, 0.717) is 18.9 Å². The average molecular weight is 197 g/mol. The topological polar surface area (TPSA) is 73.9 Å². The molecular formula is C8H15N5O. The first-order valence-corrected chi connectivity index (χ1v) is 4.37. The fourth-order valence-electron chi connectivity index (χ4n) is 0.989. The molecule has 0 unspecified atom stereocenters. The number of aromatic nitrogens is 3. The van der Waals surface area contributed by atoms with E-state index >= 15 is 0 Å². The maximum atomic E-state index is 11.2. The van der Waals surface area contributed by atoms with E-state index < -0.39 is 0 Å². The fraction of sp³-hybridized carbons (Fsp3) is 0.625.